The molecule has 0 spiro atoms. The van der Waals surface area contributed by atoms with Gasteiger partial charge in [0.2, 0.25) is 17.7 Å². The highest BCUT2D eigenvalue weighted by atomic mass is 16.3. The van der Waals surface area contributed by atoms with Crippen LogP contribution in [0.15, 0.2) is 0 Å². The third-order valence-electron chi connectivity index (χ3n) is 4.11. The summed E-state index contributed by atoms with van der Waals surface area (Å²) in [5.74, 6) is -1.27. The van der Waals surface area contributed by atoms with Crippen molar-refractivity contribution >= 4 is 17.7 Å². The summed E-state index contributed by atoms with van der Waals surface area (Å²) in [4.78, 5) is 37.0. The van der Waals surface area contributed by atoms with Gasteiger partial charge in [-0.2, -0.15) is 0 Å². The number of carbonyl (C=O) groups excluding carboxylic acids is 3. The molecule has 0 unspecified atom stereocenters. The molecule has 3 atom stereocenters. The number of amides is 3. The molecule has 120 valence electrons. The van der Waals surface area contributed by atoms with Crippen molar-refractivity contribution in [3.05, 3.63) is 0 Å². The van der Waals surface area contributed by atoms with Crippen molar-refractivity contribution in [2.45, 2.75) is 58.7 Å². The number of aliphatic hydroxyl groups excluding tert-OH is 1. The molecule has 1 fully saturated rings. The molecule has 3 amide bonds. The van der Waals surface area contributed by atoms with E-state index < -0.39 is 35.4 Å². The van der Waals surface area contributed by atoms with Crippen LogP contribution in [0.3, 0.4) is 0 Å². The van der Waals surface area contributed by atoms with Crippen molar-refractivity contribution in [3.8, 4) is 0 Å². The van der Waals surface area contributed by atoms with E-state index in [0.29, 0.717) is 6.42 Å². The van der Waals surface area contributed by atoms with E-state index in [0.717, 1.165) is 0 Å². The van der Waals surface area contributed by atoms with Gasteiger partial charge in [-0.25, -0.2) is 0 Å². The first kappa shape index (κ1) is 17.4. The highest BCUT2D eigenvalue weighted by molar-refractivity contribution is 5.92. The summed E-state index contributed by atoms with van der Waals surface area (Å²) >= 11 is 0. The number of aliphatic hydroxyl groups is 1. The van der Waals surface area contributed by atoms with E-state index in [2.05, 4.69) is 5.32 Å². The van der Waals surface area contributed by atoms with Gasteiger partial charge in [-0.05, 0) is 13.3 Å². The van der Waals surface area contributed by atoms with Crippen molar-refractivity contribution in [1.29, 1.82) is 0 Å². The van der Waals surface area contributed by atoms with Gasteiger partial charge in [0.25, 0.3) is 0 Å². The quantitative estimate of drug-likeness (QED) is 0.627. The molecule has 7 nitrogen and oxygen atoms in total. The first-order valence-corrected chi connectivity index (χ1v) is 7.19. The molecule has 7 heteroatoms. The van der Waals surface area contributed by atoms with Crippen LogP contribution in [-0.4, -0.2) is 52.5 Å². The smallest absolute Gasteiger partial charge is 0.245 e. The first-order valence-electron chi connectivity index (χ1n) is 7.19. The molecule has 1 saturated heterocycles. The Morgan fingerprint density at radius 1 is 1.43 bits per heavy atom. The van der Waals surface area contributed by atoms with Gasteiger partial charge in [-0.3, -0.25) is 14.4 Å². The average molecular weight is 299 g/mol. The fourth-order valence-electron chi connectivity index (χ4n) is 2.19. The Kier molecular flexibility index (Phi) is 5.33. The third-order valence-corrected chi connectivity index (χ3v) is 4.11. The van der Waals surface area contributed by atoms with Crippen molar-refractivity contribution in [2.24, 2.45) is 11.1 Å². The largest absolute Gasteiger partial charge is 0.391 e. The van der Waals surface area contributed by atoms with Crippen LogP contribution < -0.4 is 11.1 Å². The molecule has 1 rings (SSSR count). The van der Waals surface area contributed by atoms with Crippen LogP contribution in [-0.2, 0) is 14.4 Å². The minimum absolute atomic E-state index is 0.0593. The summed E-state index contributed by atoms with van der Waals surface area (Å²) in [5, 5.41) is 12.3. The SMILES string of the molecule is CCC(C)(C)C(=O)N[C@@H](C)C(=O)N1C[C@@H](O)C[C@H]1C(N)=O. The van der Waals surface area contributed by atoms with Gasteiger partial charge in [0.05, 0.1) is 6.10 Å². The molecule has 4 N–H and O–H groups in total. The monoisotopic (exact) mass is 299 g/mol. The van der Waals surface area contributed by atoms with Gasteiger partial charge in [-0.15, -0.1) is 0 Å². The summed E-state index contributed by atoms with van der Waals surface area (Å²) in [6.07, 6.45) is 0.0234. The summed E-state index contributed by atoms with van der Waals surface area (Å²) in [7, 11) is 0. The fraction of sp³-hybridized carbons (Fsp3) is 0.786. The number of carbonyl (C=O) groups is 3. The number of nitrogens with one attached hydrogen (secondary N) is 1. The van der Waals surface area contributed by atoms with Gasteiger partial charge in [0.15, 0.2) is 0 Å². The minimum atomic E-state index is -0.814. The van der Waals surface area contributed by atoms with Crippen LogP contribution in [0.1, 0.15) is 40.5 Å². The van der Waals surface area contributed by atoms with Crippen molar-refractivity contribution in [1.82, 2.24) is 10.2 Å². The Bertz CT molecular complexity index is 436. The molecule has 1 heterocycles. The lowest BCUT2D eigenvalue weighted by Gasteiger charge is -2.28. The van der Waals surface area contributed by atoms with Crippen molar-refractivity contribution in [3.63, 3.8) is 0 Å². The number of hydrogen-bond donors (Lipinski definition) is 3. The van der Waals surface area contributed by atoms with E-state index in [1.165, 1.54) is 4.90 Å². The molecule has 21 heavy (non-hydrogen) atoms. The van der Waals surface area contributed by atoms with E-state index in [1.807, 2.05) is 6.92 Å². The molecular formula is C14H25N3O4. The molecule has 0 aromatic carbocycles. The van der Waals surface area contributed by atoms with E-state index in [9.17, 15) is 19.5 Å². The van der Waals surface area contributed by atoms with Crippen LogP contribution in [0.25, 0.3) is 0 Å². The van der Waals surface area contributed by atoms with Crippen LogP contribution in [0.2, 0.25) is 0 Å². The highest BCUT2D eigenvalue weighted by Gasteiger charge is 2.40. The molecule has 0 radical (unpaired) electrons. The van der Waals surface area contributed by atoms with Gasteiger partial charge in [-0.1, -0.05) is 20.8 Å². The standard InChI is InChI=1S/C14H25N3O4/c1-5-14(3,4)13(21)16-8(2)12(20)17-7-9(18)6-10(17)11(15)19/h8-10,18H,5-7H2,1-4H3,(H2,15,19)(H,16,21)/t8-,9-,10-/m0/s1. The van der Waals surface area contributed by atoms with E-state index >= 15 is 0 Å². The Hall–Kier alpha value is -1.63. The first-order chi connectivity index (χ1) is 9.60. The zero-order valence-electron chi connectivity index (χ0n) is 13.0. The van der Waals surface area contributed by atoms with E-state index in [1.54, 1.807) is 20.8 Å². The van der Waals surface area contributed by atoms with Crippen LogP contribution in [0.5, 0.6) is 0 Å². The van der Waals surface area contributed by atoms with Gasteiger partial charge in [0.1, 0.15) is 12.1 Å². The zero-order valence-corrected chi connectivity index (χ0v) is 13.0. The Morgan fingerprint density at radius 3 is 2.48 bits per heavy atom. The molecule has 0 aliphatic carbocycles. The topological polar surface area (TPSA) is 113 Å². The molecule has 0 aromatic heterocycles. The number of nitrogens with two attached hydrogens (primary N) is 1. The fourth-order valence-corrected chi connectivity index (χ4v) is 2.19. The minimum Gasteiger partial charge on any atom is -0.391 e. The van der Waals surface area contributed by atoms with Crippen LogP contribution >= 0.6 is 0 Å². The maximum Gasteiger partial charge on any atom is 0.245 e. The summed E-state index contributed by atoms with van der Waals surface area (Å²) in [6, 6.07) is -1.58. The number of hydrogen-bond acceptors (Lipinski definition) is 4. The molecule has 0 bridgehead atoms. The number of nitrogens with zero attached hydrogens (tertiary/aromatic N) is 1. The second kappa shape index (κ2) is 6.43. The van der Waals surface area contributed by atoms with Gasteiger partial charge < -0.3 is 21.1 Å². The predicted octanol–water partition coefficient (Wildman–Crippen LogP) is -0.626. The molecular weight excluding hydrogens is 274 g/mol. The van der Waals surface area contributed by atoms with Crippen LogP contribution in [0.4, 0.5) is 0 Å². The second-order valence-electron chi connectivity index (χ2n) is 6.23. The van der Waals surface area contributed by atoms with Crippen molar-refractivity contribution < 1.29 is 19.5 Å². The summed E-state index contributed by atoms with van der Waals surface area (Å²) < 4.78 is 0. The number of likely N-dealkylation sites (tertiary alicyclic amines) is 1. The lowest BCUT2D eigenvalue weighted by atomic mass is 9.89. The van der Waals surface area contributed by atoms with Gasteiger partial charge in [0, 0.05) is 18.4 Å². The normalized spacial score (nSPS) is 23.8. The lowest BCUT2D eigenvalue weighted by Crippen LogP contribution is -2.53. The Morgan fingerprint density at radius 2 is 2.00 bits per heavy atom. The highest BCUT2D eigenvalue weighted by Crippen LogP contribution is 2.21. The summed E-state index contributed by atoms with van der Waals surface area (Å²) in [5.41, 5.74) is 4.68. The molecule has 1 aliphatic heterocycles. The van der Waals surface area contributed by atoms with Crippen LogP contribution in [0, 0.1) is 5.41 Å². The molecule has 0 aromatic rings. The Balaban J connectivity index is 2.74. The number of rotatable bonds is 5. The molecule has 0 saturated carbocycles. The Labute approximate surface area is 124 Å². The lowest BCUT2D eigenvalue weighted by molar-refractivity contribution is -0.141. The van der Waals surface area contributed by atoms with E-state index in [4.69, 9.17) is 5.73 Å². The second-order valence-corrected chi connectivity index (χ2v) is 6.23. The maximum atomic E-state index is 12.3. The number of primary amides is 1. The average Bonchev–Trinajstić information content (AvgIpc) is 2.79. The van der Waals surface area contributed by atoms with E-state index in [-0.39, 0.29) is 18.9 Å². The van der Waals surface area contributed by atoms with Crippen molar-refractivity contribution in [2.75, 3.05) is 6.54 Å². The molecule has 1 aliphatic rings. The van der Waals surface area contributed by atoms with Gasteiger partial charge >= 0.3 is 0 Å². The maximum absolute atomic E-state index is 12.3. The predicted molar refractivity (Wildman–Crippen MR) is 77.0 cm³/mol. The zero-order chi connectivity index (χ0) is 16.4. The number of β-amino-alcohol motifs (C(OH)–C–C–N with tert-alkyl or cyclic N) is 1. The summed E-state index contributed by atoms with van der Waals surface area (Å²) in [6.45, 7) is 7.11. The third kappa shape index (κ3) is 3.93.